The number of carbonyl (C=O) groups is 1. The Bertz CT molecular complexity index is 1350. The van der Waals surface area contributed by atoms with E-state index in [1.165, 1.54) is 23.5 Å². The maximum Gasteiger partial charge on any atom is 0.264 e. The maximum atomic E-state index is 13.5. The Balaban J connectivity index is 1.45. The summed E-state index contributed by atoms with van der Waals surface area (Å²) in [6.07, 6.45) is -1.02. The first-order valence-corrected chi connectivity index (χ1v) is 13.5. The summed E-state index contributed by atoms with van der Waals surface area (Å²) in [6, 6.07) is 20.7. The normalized spacial score (nSPS) is 15.4. The van der Waals surface area contributed by atoms with Crippen molar-refractivity contribution in [1.82, 2.24) is 5.32 Å². The number of rotatable bonds is 8. The first-order valence-electron chi connectivity index (χ1n) is 12.0. The van der Waals surface area contributed by atoms with Crippen molar-refractivity contribution < 1.29 is 27.4 Å². The Kier molecular flexibility index (Phi) is 7.63. The van der Waals surface area contributed by atoms with Gasteiger partial charge in [-0.3, -0.25) is 9.10 Å². The molecular formula is C28H32N2O6S. The summed E-state index contributed by atoms with van der Waals surface area (Å²) in [7, 11) is -2.44. The molecule has 0 spiro atoms. The van der Waals surface area contributed by atoms with Gasteiger partial charge in [0.15, 0.2) is 6.10 Å². The van der Waals surface area contributed by atoms with Crippen molar-refractivity contribution in [2.75, 3.05) is 31.1 Å². The molecule has 0 radical (unpaired) electrons. The van der Waals surface area contributed by atoms with E-state index in [1.807, 2.05) is 24.3 Å². The standard InChI is InChI=1S/C28H32N2O6S/c1-28(2,3)22-9-5-7-11-24(22)35-18-17-29-27(31)26-19-30(23-10-6-8-12-25(23)36-26)37(32,33)21-15-13-20(34-4)14-16-21/h5-16,26H,17-19H2,1-4H3,(H,29,31). The lowest BCUT2D eigenvalue weighted by molar-refractivity contribution is -0.127. The average Bonchev–Trinajstić information content (AvgIpc) is 2.90. The minimum absolute atomic E-state index is 0.0813. The number of carbonyl (C=O) groups excluding carboxylic acids is 1. The van der Waals surface area contributed by atoms with E-state index in [9.17, 15) is 13.2 Å². The van der Waals surface area contributed by atoms with Crippen molar-refractivity contribution in [3.05, 3.63) is 78.4 Å². The van der Waals surface area contributed by atoms with Gasteiger partial charge in [-0.05, 0) is 53.4 Å². The lowest BCUT2D eigenvalue weighted by Crippen LogP contribution is -2.51. The van der Waals surface area contributed by atoms with Crippen LogP contribution in [0.5, 0.6) is 17.2 Å². The van der Waals surface area contributed by atoms with Crippen LogP contribution in [0.15, 0.2) is 77.7 Å². The van der Waals surface area contributed by atoms with Gasteiger partial charge in [0.25, 0.3) is 15.9 Å². The number of benzene rings is 3. The maximum absolute atomic E-state index is 13.5. The number of hydrogen-bond donors (Lipinski definition) is 1. The molecule has 4 rings (SSSR count). The van der Waals surface area contributed by atoms with Crippen LogP contribution in [0.2, 0.25) is 0 Å². The molecule has 1 amide bonds. The molecule has 196 valence electrons. The highest BCUT2D eigenvalue weighted by molar-refractivity contribution is 7.92. The van der Waals surface area contributed by atoms with Crippen molar-refractivity contribution in [3.63, 3.8) is 0 Å². The molecule has 1 aliphatic heterocycles. The van der Waals surface area contributed by atoms with Gasteiger partial charge < -0.3 is 19.5 Å². The zero-order valence-electron chi connectivity index (χ0n) is 21.4. The Morgan fingerprint density at radius 2 is 1.70 bits per heavy atom. The second kappa shape index (κ2) is 10.7. The minimum atomic E-state index is -3.95. The number of methoxy groups -OCH3 is 1. The average molecular weight is 525 g/mol. The zero-order valence-corrected chi connectivity index (χ0v) is 22.2. The zero-order chi connectivity index (χ0) is 26.6. The van der Waals surface area contributed by atoms with E-state index in [1.54, 1.807) is 36.4 Å². The molecule has 1 aliphatic rings. The smallest absolute Gasteiger partial charge is 0.264 e. The Morgan fingerprint density at radius 1 is 1.03 bits per heavy atom. The summed E-state index contributed by atoms with van der Waals surface area (Å²) >= 11 is 0. The molecule has 1 atom stereocenters. The Hall–Kier alpha value is -3.72. The predicted octanol–water partition coefficient (Wildman–Crippen LogP) is 4.14. The molecule has 9 heteroatoms. The van der Waals surface area contributed by atoms with Gasteiger partial charge in [-0.25, -0.2) is 8.42 Å². The molecule has 1 unspecified atom stereocenters. The van der Waals surface area contributed by atoms with Crippen LogP contribution in [-0.4, -0.2) is 47.2 Å². The third-order valence-electron chi connectivity index (χ3n) is 6.03. The number of amides is 1. The van der Waals surface area contributed by atoms with E-state index in [4.69, 9.17) is 14.2 Å². The summed E-state index contributed by atoms with van der Waals surface area (Å²) in [4.78, 5) is 13.1. The van der Waals surface area contributed by atoms with Crippen LogP contribution < -0.4 is 23.8 Å². The van der Waals surface area contributed by atoms with Crippen LogP contribution in [0.25, 0.3) is 0 Å². The number of nitrogens with zero attached hydrogens (tertiary/aromatic N) is 1. The lowest BCUT2D eigenvalue weighted by Gasteiger charge is -2.34. The van der Waals surface area contributed by atoms with Crippen LogP contribution in [0, 0.1) is 0 Å². The first kappa shape index (κ1) is 26.3. The van der Waals surface area contributed by atoms with E-state index < -0.39 is 22.0 Å². The highest BCUT2D eigenvalue weighted by Crippen LogP contribution is 2.37. The molecule has 3 aromatic rings. The SMILES string of the molecule is COc1ccc(S(=O)(=O)N2CC(C(=O)NCCOc3ccccc3C(C)(C)C)Oc3ccccc32)cc1. The highest BCUT2D eigenvalue weighted by atomic mass is 32.2. The summed E-state index contributed by atoms with van der Waals surface area (Å²) in [5.74, 6) is 1.22. The van der Waals surface area contributed by atoms with Gasteiger partial charge in [0.2, 0.25) is 0 Å². The molecule has 8 nitrogen and oxygen atoms in total. The number of ether oxygens (including phenoxy) is 3. The largest absolute Gasteiger partial charge is 0.497 e. The molecule has 1 N–H and O–H groups in total. The molecule has 0 fully saturated rings. The van der Waals surface area contributed by atoms with Gasteiger partial charge in [-0.2, -0.15) is 0 Å². The van der Waals surface area contributed by atoms with Crippen molar-refractivity contribution in [3.8, 4) is 17.2 Å². The van der Waals surface area contributed by atoms with Crippen molar-refractivity contribution >= 4 is 21.6 Å². The van der Waals surface area contributed by atoms with E-state index in [0.717, 1.165) is 11.3 Å². The van der Waals surface area contributed by atoms with Gasteiger partial charge in [-0.1, -0.05) is 51.1 Å². The highest BCUT2D eigenvalue weighted by Gasteiger charge is 2.37. The number of hydrogen-bond acceptors (Lipinski definition) is 6. The van der Waals surface area contributed by atoms with Gasteiger partial charge in [0.05, 0.1) is 30.8 Å². The van der Waals surface area contributed by atoms with E-state index in [0.29, 0.717) is 17.2 Å². The van der Waals surface area contributed by atoms with Crippen molar-refractivity contribution in [2.24, 2.45) is 0 Å². The molecular weight excluding hydrogens is 492 g/mol. The molecule has 0 saturated carbocycles. The summed E-state index contributed by atoms with van der Waals surface area (Å²) in [5, 5.41) is 2.81. The van der Waals surface area contributed by atoms with Crippen LogP contribution in [0.1, 0.15) is 26.3 Å². The number of nitrogens with one attached hydrogen (secondary N) is 1. The van der Waals surface area contributed by atoms with E-state index in [-0.39, 0.29) is 30.0 Å². The predicted molar refractivity (Wildman–Crippen MR) is 142 cm³/mol. The molecule has 0 aliphatic carbocycles. The summed E-state index contributed by atoms with van der Waals surface area (Å²) in [5.41, 5.74) is 1.37. The monoisotopic (exact) mass is 524 g/mol. The quantitative estimate of drug-likeness (QED) is 0.445. The Labute approximate surface area is 218 Å². The van der Waals surface area contributed by atoms with Gasteiger partial charge in [0.1, 0.15) is 23.9 Å². The molecule has 3 aromatic carbocycles. The fourth-order valence-corrected chi connectivity index (χ4v) is 5.58. The number of fused-ring (bicyclic) bond motifs is 1. The summed E-state index contributed by atoms with van der Waals surface area (Å²) in [6.45, 7) is 6.67. The van der Waals surface area contributed by atoms with Crippen molar-refractivity contribution in [1.29, 1.82) is 0 Å². The lowest BCUT2D eigenvalue weighted by atomic mass is 9.86. The van der Waals surface area contributed by atoms with Crippen LogP contribution in [-0.2, 0) is 20.2 Å². The van der Waals surface area contributed by atoms with Crippen LogP contribution >= 0.6 is 0 Å². The van der Waals surface area contributed by atoms with Crippen molar-refractivity contribution in [2.45, 2.75) is 37.2 Å². The second-order valence-electron chi connectivity index (χ2n) is 9.67. The van der Waals surface area contributed by atoms with Crippen LogP contribution in [0.3, 0.4) is 0 Å². The number of sulfonamides is 1. The van der Waals surface area contributed by atoms with E-state index >= 15 is 0 Å². The number of anilines is 1. The molecule has 0 aromatic heterocycles. The molecule has 1 heterocycles. The number of para-hydroxylation sites is 3. The van der Waals surface area contributed by atoms with E-state index in [2.05, 4.69) is 26.1 Å². The topological polar surface area (TPSA) is 94.2 Å². The second-order valence-corrected chi connectivity index (χ2v) is 11.5. The molecule has 37 heavy (non-hydrogen) atoms. The molecule has 0 bridgehead atoms. The first-order chi connectivity index (χ1) is 17.6. The molecule has 0 saturated heterocycles. The fourth-order valence-electron chi connectivity index (χ4n) is 4.10. The van der Waals surface area contributed by atoms with Crippen LogP contribution in [0.4, 0.5) is 5.69 Å². The minimum Gasteiger partial charge on any atom is -0.497 e. The summed E-state index contributed by atoms with van der Waals surface area (Å²) < 4.78 is 45.2. The third-order valence-corrected chi connectivity index (χ3v) is 7.82. The van der Waals surface area contributed by atoms with Gasteiger partial charge in [0, 0.05) is 0 Å². The van der Waals surface area contributed by atoms with Gasteiger partial charge in [-0.15, -0.1) is 0 Å². The van der Waals surface area contributed by atoms with Gasteiger partial charge >= 0.3 is 0 Å². The Morgan fingerprint density at radius 3 is 2.41 bits per heavy atom. The third kappa shape index (κ3) is 5.83. The fraction of sp³-hybridized carbons (Fsp3) is 0.321.